The number of hydrogen-bond acceptors (Lipinski definition) is 3. The Morgan fingerprint density at radius 2 is 2.10 bits per heavy atom. The van der Waals surface area contributed by atoms with Crippen molar-refractivity contribution in [2.24, 2.45) is 5.73 Å². The molecule has 2 aromatic rings. The van der Waals surface area contributed by atoms with Crippen molar-refractivity contribution in [2.75, 3.05) is 16.8 Å². The van der Waals surface area contributed by atoms with Gasteiger partial charge in [-0.3, -0.25) is 4.79 Å². The van der Waals surface area contributed by atoms with E-state index < -0.39 is 0 Å². The van der Waals surface area contributed by atoms with E-state index in [0.717, 1.165) is 27.1 Å². The summed E-state index contributed by atoms with van der Waals surface area (Å²) in [6.45, 7) is 0.788. The van der Waals surface area contributed by atoms with E-state index in [1.807, 2.05) is 47.4 Å². The number of amides is 1. The average Bonchev–Trinajstić information content (AvgIpc) is 2.47. The maximum atomic E-state index is 11.9. The first-order chi connectivity index (χ1) is 9.67. The molecule has 0 saturated carbocycles. The number of hydrogen-bond donors (Lipinski definition) is 2. The highest BCUT2D eigenvalue weighted by Gasteiger charge is 2.23. The fourth-order valence-corrected chi connectivity index (χ4v) is 2.68. The zero-order valence-electron chi connectivity index (χ0n) is 10.8. The zero-order chi connectivity index (χ0) is 14.1. The first-order valence-corrected chi connectivity index (χ1v) is 7.12. The molecular weight excluding hydrogens is 318 g/mol. The molecule has 1 amide bonds. The van der Waals surface area contributed by atoms with Crippen LogP contribution in [0, 0.1) is 0 Å². The molecule has 4 nitrogen and oxygen atoms in total. The molecule has 5 heteroatoms. The van der Waals surface area contributed by atoms with E-state index in [9.17, 15) is 4.79 Å². The standard InChI is InChI=1S/C15H14BrN3O/c16-11-4-5-13-14(7-11)19(9-15(20)18-13)12-3-1-2-10(6-12)8-17/h1-7H,8-9,17H2,(H,18,20). The highest BCUT2D eigenvalue weighted by Crippen LogP contribution is 2.37. The van der Waals surface area contributed by atoms with Gasteiger partial charge in [0.2, 0.25) is 5.91 Å². The second-order valence-electron chi connectivity index (χ2n) is 4.67. The fraction of sp³-hybridized carbons (Fsp3) is 0.133. The summed E-state index contributed by atoms with van der Waals surface area (Å²) in [4.78, 5) is 13.9. The summed E-state index contributed by atoms with van der Waals surface area (Å²) in [5.74, 6) is -0.0158. The average molecular weight is 332 g/mol. The summed E-state index contributed by atoms with van der Waals surface area (Å²) >= 11 is 3.47. The van der Waals surface area contributed by atoms with Gasteiger partial charge < -0.3 is 16.0 Å². The molecule has 0 aromatic heterocycles. The largest absolute Gasteiger partial charge is 0.330 e. The Hall–Kier alpha value is -1.85. The van der Waals surface area contributed by atoms with Crippen LogP contribution in [0.1, 0.15) is 5.56 Å². The molecule has 0 saturated heterocycles. The third-order valence-corrected chi connectivity index (χ3v) is 3.78. The van der Waals surface area contributed by atoms with Crippen molar-refractivity contribution in [2.45, 2.75) is 6.54 Å². The topological polar surface area (TPSA) is 58.4 Å². The molecule has 0 unspecified atom stereocenters. The summed E-state index contributed by atoms with van der Waals surface area (Å²) in [5.41, 5.74) is 9.51. The van der Waals surface area contributed by atoms with Crippen LogP contribution in [0.5, 0.6) is 0 Å². The van der Waals surface area contributed by atoms with E-state index in [1.54, 1.807) is 0 Å². The molecule has 3 N–H and O–H groups in total. The lowest BCUT2D eigenvalue weighted by Crippen LogP contribution is -2.35. The van der Waals surface area contributed by atoms with E-state index in [0.29, 0.717) is 13.1 Å². The number of carbonyl (C=O) groups is 1. The van der Waals surface area contributed by atoms with E-state index in [1.165, 1.54) is 0 Å². The number of nitrogens with zero attached hydrogens (tertiary/aromatic N) is 1. The molecule has 2 aromatic carbocycles. The van der Waals surface area contributed by atoms with Gasteiger partial charge in [0.15, 0.2) is 0 Å². The van der Waals surface area contributed by atoms with Gasteiger partial charge in [-0.15, -0.1) is 0 Å². The quantitative estimate of drug-likeness (QED) is 0.889. The minimum atomic E-state index is -0.0158. The van der Waals surface area contributed by atoms with Crippen molar-refractivity contribution >= 4 is 38.9 Å². The molecule has 0 atom stereocenters. The van der Waals surface area contributed by atoms with Crippen molar-refractivity contribution in [3.63, 3.8) is 0 Å². The van der Waals surface area contributed by atoms with E-state index in [4.69, 9.17) is 5.73 Å². The van der Waals surface area contributed by atoms with Crippen molar-refractivity contribution in [3.05, 3.63) is 52.5 Å². The first kappa shape index (κ1) is 13.1. The van der Waals surface area contributed by atoms with E-state index >= 15 is 0 Å². The van der Waals surface area contributed by atoms with Crippen LogP contribution < -0.4 is 16.0 Å². The van der Waals surface area contributed by atoms with Crippen LogP contribution in [0.25, 0.3) is 0 Å². The molecule has 1 heterocycles. The molecule has 20 heavy (non-hydrogen) atoms. The Morgan fingerprint density at radius 3 is 2.90 bits per heavy atom. The van der Waals surface area contributed by atoms with Crippen LogP contribution >= 0.6 is 15.9 Å². The summed E-state index contributed by atoms with van der Waals surface area (Å²) in [7, 11) is 0. The van der Waals surface area contributed by atoms with Crippen LogP contribution in [-0.2, 0) is 11.3 Å². The van der Waals surface area contributed by atoms with Gasteiger partial charge in [0.1, 0.15) is 6.54 Å². The molecule has 1 aliphatic rings. The highest BCUT2D eigenvalue weighted by molar-refractivity contribution is 9.10. The van der Waals surface area contributed by atoms with Gasteiger partial charge in [-0.05, 0) is 35.9 Å². The normalized spacial score (nSPS) is 13.9. The predicted octanol–water partition coefficient (Wildman–Crippen LogP) is 3.00. The number of fused-ring (bicyclic) bond motifs is 1. The van der Waals surface area contributed by atoms with Crippen LogP contribution in [-0.4, -0.2) is 12.5 Å². The smallest absolute Gasteiger partial charge is 0.244 e. The van der Waals surface area contributed by atoms with E-state index in [2.05, 4.69) is 21.2 Å². The van der Waals surface area contributed by atoms with Gasteiger partial charge in [0.05, 0.1) is 11.4 Å². The maximum Gasteiger partial charge on any atom is 0.244 e. The van der Waals surface area contributed by atoms with Gasteiger partial charge in [-0.2, -0.15) is 0 Å². The van der Waals surface area contributed by atoms with Crippen LogP contribution in [0.3, 0.4) is 0 Å². The van der Waals surface area contributed by atoms with Gasteiger partial charge in [0.25, 0.3) is 0 Å². The molecule has 1 aliphatic heterocycles. The lowest BCUT2D eigenvalue weighted by Gasteiger charge is -2.31. The monoisotopic (exact) mass is 331 g/mol. The summed E-state index contributed by atoms with van der Waals surface area (Å²) in [5, 5.41) is 2.89. The van der Waals surface area contributed by atoms with Crippen LogP contribution in [0.4, 0.5) is 17.1 Å². The molecule has 3 rings (SSSR count). The number of halogens is 1. The summed E-state index contributed by atoms with van der Waals surface area (Å²) in [6.07, 6.45) is 0. The zero-order valence-corrected chi connectivity index (χ0v) is 12.4. The Labute approximate surface area is 125 Å². The minimum absolute atomic E-state index is 0.0158. The Balaban J connectivity index is 2.09. The maximum absolute atomic E-state index is 11.9. The van der Waals surface area contributed by atoms with Crippen LogP contribution in [0.2, 0.25) is 0 Å². The van der Waals surface area contributed by atoms with E-state index in [-0.39, 0.29) is 5.91 Å². The number of rotatable bonds is 2. The summed E-state index contributed by atoms with van der Waals surface area (Å²) < 4.78 is 0.979. The molecule has 0 spiro atoms. The number of carbonyl (C=O) groups excluding carboxylic acids is 1. The predicted molar refractivity (Wildman–Crippen MR) is 84.1 cm³/mol. The van der Waals surface area contributed by atoms with Crippen molar-refractivity contribution in [3.8, 4) is 0 Å². The second-order valence-corrected chi connectivity index (χ2v) is 5.59. The SMILES string of the molecule is NCc1cccc(N2CC(=O)Nc3ccc(Br)cc32)c1. The van der Waals surface area contributed by atoms with Crippen LogP contribution in [0.15, 0.2) is 46.9 Å². The van der Waals surface area contributed by atoms with Crippen molar-refractivity contribution < 1.29 is 4.79 Å². The van der Waals surface area contributed by atoms with Gasteiger partial charge in [0, 0.05) is 16.7 Å². The lowest BCUT2D eigenvalue weighted by atomic mass is 10.1. The molecule has 102 valence electrons. The lowest BCUT2D eigenvalue weighted by molar-refractivity contribution is -0.115. The number of nitrogens with one attached hydrogen (secondary N) is 1. The molecule has 0 fully saturated rings. The highest BCUT2D eigenvalue weighted by atomic mass is 79.9. The van der Waals surface area contributed by atoms with Gasteiger partial charge in [-0.25, -0.2) is 0 Å². The Bertz CT molecular complexity index is 672. The molecule has 0 bridgehead atoms. The Morgan fingerprint density at radius 1 is 1.25 bits per heavy atom. The number of nitrogens with two attached hydrogens (primary N) is 1. The second kappa shape index (κ2) is 5.26. The van der Waals surface area contributed by atoms with Crippen molar-refractivity contribution in [1.29, 1.82) is 0 Å². The Kier molecular flexibility index (Phi) is 3.46. The van der Waals surface area contributed by atoms with Gasteiger partial charge in [-0.1, -0.05) is 28.1 Å². The van der Waals surface area contributed by atoms with Crippen molar-refractivity contribution in [1.82, 2.24) is 0 Å². The molecule has 0 radical (unpaired) electrons. The number of anilines is 3. The minimum Gasteiger partial charge on any atom is -0.330 e. The molecular formula is C15H14BrN3O. The third kappa shape index (κ3) is 2.42. The number of benzene rings is 2. The fourth-order valence-electron chi connectivity index (χ4n) is 2.33. The third-order valence-electron chi connectivity index (χ3n) is 3.28. The van der Waals surface area contributed by atoms with Gasteiger partial charge >= 0.3 is 0 Å². The summed E-state index contributed by atoms with van der Waals surface area (Å²) in [6, 6.07) is 13.8. The molecule has 0 aliphatic carbocycles. The first-order valence-electron chi connectivity index (χ1n) is 6.33.